The molecule has 1 atom stereocenters. The molecular formula is C11H13IN2O2. The normalized spacial score (nSPS) is 24.4. The van der Waals surface area contributed by atoms with Crippen LogP contribution in [-0.2, 0) is 9.53 Å². The van der Waals surface area contributed by atoms with Gasteiger partial charge in [0.15, 0.2) is 0 Å². The maximum atomic E-state index is 11.9. The van der Waals surface area contributed by atoms with Crippen LogP contribution in [0.15, 0.2) is 24.3 Å². The van der Waals surface area contributed by atoms with E-state index in [0.29, 0.717) is 19.6 Å². The Morgan fingerprint density at radius 3 is 2.69 bits per heavy atom. The number of ether oxygens (including phenoxy) is 1. The highest BCUT2D eigenvalue weighted by Gasteiger charge is 2.38. The summed E-state index contributed by atoms with van der Waals surface area (Å²) in [6, 6.07) is 7.59. The van der Waals surface area contributed by atoms with Gasteiger partial charge in [0.1, 0.15) is 5.54 Å². The lowest BCUT2D eigenvalue weighted by atomic mass is 9.99. The molecule has 1 saturated heterocycles. The van der Waals surface area contributed by atoms with Gasteiger partial charge in [-0.15, -0.1) is 0 Å². The van der Waals surface area contributed by atoms with Crippen LogP contribution < -0.4 is 11.1 Å². The Balaban J connectivity index is 2.04. The summed E-state index contributed by atoms with van der Waals surface area (Å²) in [7, 11) is 0. The van der Waals surface area contributed by atoms with Crippen molar-refractivity contribution in [3.63, 3.8) is 0 Å². The van der Waals surface area contributed by atoms with Crippen LogP contribution in [0.4, 0.5) is 5.69 Å². The van der Waals surface area contributed by atoms with E-state index in [-0.39, 0.29) is 5.91 Å². The molecular weight excluding hydrogens is 319 g/mol. The van der Waals surface area contributed by atoms with Crippen molar-refractivity contribution in [3.8, 4) is 0 Å². The Labute approximate surface area is 108 Å². The summed E-state index contributed by atoms with van der Waals surface area (Å²) in [6.07, 6.45) is 0.573. The molecule has 1 aliphatic heterocycles. The van der Waals surface area contributed by atoms with Crippen LogP contribution >= 0.6 is 22.6 Å². The van der Waals surface area contributed by atoms with Gasteiger partial charge in [0, 0.05) is 15.9 Å². The number of amides is 1. The number of hydrogen-bond acceptors (Lipinski definition) is 3. The molecule has 1 amide bonds. The molecule has 0 saturated carbocycles. The molecule has 0 radical (unpaired) electrons. The molecule has 4 nitrogen and oxygen atoms in total. The SMILES string of the molecule is NC1(C(=O)Nc2ccc(I)cc2)CCOC1. The molecule has 1 aromatic rings. The first-order chi connectivity index (χ1) is 7.60. The standard InChI is InChI=1S/C11H13IN2O2/c12-8-1-3-9(4-2-8)14-10(15)11(13)5-6-16-7-11/h1-4H,5-7,13H2,(H,14,15). The minimum Gasteiger partial charge on any atom is -0.379 e. The van der Waals surface area contributed by atoms with E-state index in [1.165, 1.54) is 0 Å². The fraction of sp³-hybridized carbons (Fsp3) is 0.364. The molecule has 1 aromatic carbocycles. The van der Waals surface area contributed by atoms with Crippen molar-refractivity contribution in [3.05, 3.63) is 27.8 Å². The van der Waals surface area contributed by atoms with E-state index in [0.717, 1.165) is 9.26 Å². The summed E-state index contributed by atoms with van der Waals surface area (Å²) in [5.41, 5.74) is 5.84. The second-order valence-electron chi connectivity index (χ2n) is 3.92. The van der Waals surface area contributed by atoms with Gasteiger partial charge in [-0.3, -0.25) is 4.79 Å². The minimum absolute atomic E-state index is 0.175. The minimum atomic E-state index is -0.872. The third-order valence-corrected chi connectivity index (χ3v) is 3.33. The van der Waals surface area contributed by atoms with Gasteiger partial charge >= 0.3 is 0 Å². The quantitative estimate of drug-likeness (QED) is 0.804. The molecule has 2 rings (SSSR count). The maximum absolute atomic E-state index is 11.9. The first-order valence-corrected chi connectivity index (χ1v) is 6.12. The largest absolute Gasteiger partial charge is 0.379 e. The van der Waals surface area contributed by atoms with Crippen LogP contribution in [0.5, 0.6) is 0 Å². The van der Waals surface area contributed by atoms with E-state index in [1.54, 1.807) is 0 Å². The first-order valence-electron chi connectivity index (χ1n) is 5.04. The molecule has 0 aliphatic carbocycles. The number of nitrogens with two attached hydrogens (primary N) is 1. The molecule has 0 aromatic heterocycles. The number of hydrogen-bond donors (Lipinski definition) is 2. The molecule has 86 valence electrons. The van der Waals surface area contributed by atoms with E-state index in [2.05, 4.69) is 27.9 Å². The van der Waals surface area contributed by atoms with Crippen LogP contribution in [0.3, 0.4) is 0 Å². The Hall–Kier alpha value is -0.660. The zero-order valence-corrected chi connectivity index (χ0v) is 10.9. The highest BCUT2D eigenvalue weighted by molar-refractivity contribution is 14.1. The van der Waals surface area contributed by atoms with Gasteiger partial charge < -0.3 is 15.8 Å². The Bertz CT molecular complexity index is 385. The Morgan fingerprint density at radius 2 is 2.12 bits per heavy atom. The van der Waals surface area contributed by atoms with E-state index >= 15 is 0 Å². The monoisotopic (exact) mass is 332 g/mol. The van der Waals surface area contributed by atoms with Gasteiger partial charge in [0.25, 0.3) is 0 Å². The lowest BCUT2D eigenvalue weighted by Crippen LogP contribution is -2.51. The van der Waals surface area contributed by atoms with Gasteiger partial charge in [-0.1, -0.05) is 0 Å². The fourth-order valence-corrected chi connectivity index (χ4v) is 1.91. The Kier molecular flexibility index (Phi) is 3.46. The topological polar surface area (TPSA) is 64.4 Å². The first kappa shape index (κ1) is 11.8. The van der Waals surface area contributed by atoms with Crippen LogP contribution in [0, 0.1) is 3.57 Å². The van der Waals surface area contributed by atoms with Gasteiger partial charge in [-0.05, 0) is 53.3 Å². The predicted molar refractivity (Wildman–Crippen MR) is 70.1 cm³/mol. The Morgan fingerprint density at radius 1 is 1.44 bits per heavy atom. The molecule has 0 spiro atoms. The summed E-state index contributed by atoms with van der Waals surface area (Å²) >= 11 is 2.21. The van der Waals surface area contributed by atoms with Crippen LogP contribution in [0.1, 0.15) is 6.42 Å². The van der Waals surface area contributed by atoms with Crippen molar-refractivity contribution < 1.29 is 9.53 Å². The lowest BCUT2D eigenvalue weighted by molar-refractivity contribution is -0.121. The second kappa shape index (κ2) is 4.68. The van der Waals surface area contributed by atoms with E-state index in [1.807, 2.05) is 24.3 Å². The van der Waals surface area contributed by atoms with Crippen molar-refractivity contribution in [1.29, 1.82) is 0 Å². The van der Waals surface area contributed by atoms with Gasteiger partial charge in [0.05, 0.1) is 6.61 Å². The van der Waals surface area contributed by atoms with Crippen molar-refractivity contribution in [1.82, 2.24) is 0 Å². The smallest absolute Gasteiger partial charge is 0.246 e. The van der Waals surface area contributed by atoms with Crippen molar-refractivity contribution in [2.24, 2.45) is 5.73 Å². The van der Waals surface area contributed by atoms with Crippen LogP contribution in [0.2, 0.25) is 0 Å². The third kappa shape index (κ3) is 2.53. The molecule has 0 bridgehead atoms. The predicted octanol–water partition coefficient (Wildman–Crippen LogP) is 1.35. The second-order valence-corrected chi connectivity index (χ2v) is 5.17. The van der Waals surface area contributed by atoms with Gasteiger partial charge in [-0.2, -0.15) is 0 Å². The highest BCUT2D eigenvalue weighted by atomic mass is 127. The average Bonchev–Trinajstić information content (AvgIpc) is 2.70. The van der Waals surface area contributed by atoms with Crippen molar-refractivity contribution >= 4 is 34.2 Å². The van der Waals surface area contributed by atoms with E-state index in [4.69, 9.17) is 10.5 Å². The van der Waals surface area contributed by atoms with E-state index in [9.17, 15) is 4.79 Å². The molecule has 1 heterocycles. The average molecular weight is 332 g/mol. The highest BCUT2D eigenvalue weighted by Crippen LogP contribution is 2.18. The number of nitrogens with one attached hydrogen (secondary N) is 1. The zero-order valence-electron chi connectivity index (χ0n) is 8.70. The number of halogens is 1. The number of benzene rings is 1. The van der Waals surface area contributed by atoms with Gasteiger partial charge in [-0.25, -0.2) is 0 Å². The number of rotatable bonds is 2. The number of carbonyl (C=O) groups excluding carboxylic acids is 1. The maximum Gasteiger partial charge on any atom is 0.246 e. The molecule has 1 fully saturated rings. The summed E-state index contributed by atoms with van der Waals surface area (Å²) in [5.74, 6) is -0.175. The molecule has 1 aliphatic rings. The summed E-state index contributed by atoms with van der Waals surface area (Å²) < 4.78 is 6.28. The lowest BCUT2D eigenvalue weighted by Gasteiger charge is -2.20. The van der Waals surface area contributed by atoms with Crippen LogP contribution in [0.25, 0.3) is 0 Å². The van der Waals surface area contributed by atoms with Crippen molar-refractivity contribution in [2.45, 2.75) is 12.0 Å². The molecule has 1 unspecified atom stereocenters. The number of anilines is 1. The number of carbonyl (C=O) groups is 1. The summed E-state index contributed by atoms with van der Waals surface area (Å²) in [4.78, 5) is 11.9. The molecule has 16 heavy (non-hydrogen) atoms. The fourth-order valence-electron chi connectivity index (χ4n) is 1.55. The molecule has 3 N–H and O–H groups in total. The third-order valence-electron chi connectivity index (χ3n) is 2.61. The molecule has 5 heteroatoms. The van der Waals surface area contributed by atoms with Crippen molar-refractivity contribution in [2.75, 3.05) is 18.5 Å². The van der Waals surface area contributed by atoms with Gasteiger partial charge in [0.2, 0.25) is 5.91 Å². The summed E-state index contributed by atoms with van der Waals surface area (Å²) in [5, 5.41) is 2.80. The van der Waals surface area contributed by atoms with Crippen LogP contribution in [-0.4, -0.2) is 24.7 Å². The van der Waals surface area contributed by atoms with E-state index < -0.39 is 5.54 Å². The zero-order chi connectivity index (χ0) is 11.6. The summed E-state index contributed by atoms with van der Waals surface area (Å²) in [6.45, 7) is 0.847.